The van der Waals surface area contributed by atoms with Crippen molar-refractivity contribution in [2.75, 3.05) is 6.54 Å². The first-order valence-electron chi connectivity index (χ1n) is 4.60. The molecule has 0 radical (unpaired) electrons. The summed E-state index contributed by atoms with van der Waals surface area (Å²) in [6, 6.07) is 1.52. The summed E-state index contributed by atoms with van der Waals surface area (Å²) in [6.07, 6.45) is 0.454. The number of azide groups is 1. The van der Waals surface area contributed by atoms with Crippen molar-refractivity contribution in [1.29, 1.82) is 0 Å². The van der Waals surface area contributed by atoms with Gasteiger partial charge in [-0.15, -0.1) is 0 Å². The summed E-state index contributed by atoms with van der Waals surface area (Å²) in [5, 5.41) is 31.2. The van der Waals surface area contributed by atoms with Gasteiger partial charge in [0.05, 0.1) is 19.3 Å². The van der Waals surface area contributed by atoms with E-state index >= 15 is 0 Å². The molecule has 0 spiro atoms. The maximum Gasteiger partial charge on any atom is 0.106 e. The van der Waals surface area contributed by atoms with E-state index in [1.165, 1.54) is 18.5 Å². The summed E-state index contributed by atoms with van der Waals surface area (Å²) < 4.78 is 0. The van der Waals surface area contributed by atoms with Gasteiger partial charge in [-0.1, -0.05) is 5.11 Å². The molecule has 1 aromatic heterocycles. The molecule has 0 saturated carbocycles. The van der Waals surface area contributed by atoms with Crippen LogP contribution in [-0.4, -0.2) is 33.0 Å². The molecule has 0 aliphatic heterocycles. The van der Waals surface area contributed by atoms with Crippen LogP contribution in [0.4, 0.5) is 0 Å². The first kappa shape index (κ1) is 12.4. The van der Waals surface area contributed by atoms with Crippen molar-refractivity contribution in [3.63, 3.8) is 0 Å². The Morgan fingerprint density at radius 1 is 1.44 bits per heavy atom. The van der Waals surface area contributed by atoms with E-state index in [4.69, 9.17) is 10.6 Å². The molecule has 0 aliphatic rings. The Kier molecular flexibility index (Phi) is 4.68. The standard InChI is InChI=1S/C9H12N4O3/c10-13-12-4-8(15)9(16)7-1-6(5-14)2-11-3-7/h1-3,8-9,14-16H,4-5H2. The quantitative estimate of drug-likeness (QED) is 0.377. The minimum atomic E-state index is -1.19. The summed E-state index contributed by atoms with van der Waals surface area (Å²) in [6.45, 7) is -0.416. The summed E-state index contributed by atoms with van der Waals surface area (Å²) in [4.78, 5) is 6.29. The van der Waals surface area contributed by atoms with Gasteiger partial charge in [-0.2, -0.15) is 0 Å². The molecule has 7 nitrogen and oxygen atoms in total. The lowest BCUT2D eigenvalue weighted by Crippen LogP contribution is -2.21. The third kappa shape index (κ3) is 3.18. The lowest BCUT2D eigenvalue weighted by molar-refractivity contribution is 0.0241. The Morgan fingerprint density at radius 2 is 2.19 bits per heavy atom. The smallest absolute Gasteiger partial charge is 0.106 e. The van der Waals surface area contributed by atoms with Crippen LogP contribution in [0, 0.1) is 0 Å². The topological polar surface area (TPSA) is 122 Å². The van der Waals surface area contributed by atoms with Crippen LogP contribution in [0.5, 0.6) is 0 Å². The highest BCUT2D eigenvalue weighted by molar-refractivity contribution is 5.20. The van der Waals surface area contributed by atoms with Crippen molar-refractivity contribution in [1.82, 2.24) is 4.98 Å². The largest absolute Gasteiger partial charge is 0.392 e. The molecule has 2 unspecified atom stereocenters. The van der Waals surface area contributed by atoms with Gasteiger partial charge in [-0.25, -0.2) is 0 Å². The van der Waals surface area contributed by atoms with E-state index in [1.54, 1.807) is 0 Å². The fourth-order valence-electron chi connectivity index (χ4n) is 1.20. The summed E-state index contributed by atoms with van der Waals surface area (Å²) in [5.74, 6) is 0. The predicted molar refractivity (Wildman–Crippen MR) is 55.1 cm³/mol. The average Bonchev–Trinajstić information content (AvgIpc) is 2.35. The second-order valence-corrected chi connectivity index (χ2v) is 3.21. The molecule has 0 aromatic carbocycles. The second-order valence-electron chi connectivity index (χ2n) is 3.21. The molecule has 86 valence electrons. The van der Waals surface area contributed by atoms with Crippen LogP contribution in [0.2, 0.25) is 0 Å². The molecule has 1 rings (SSSR count). The molecule has 0 bridgehead atoms. The zero-order chi connectivity index (χ0) is 12.0. The third-order valence-corrected chi connectivity index (χ3v) is 2.04. The SMILES string of the molecule is [N-]=[N+]=NCC(O)C(O)c1cncc(CO)c1. The van der Waals surface area contributed by atoms with E-state index in [1.807, 2.05) is 0 Å². The van der Waals surface area contributed by atoms with E-state index < -0.39 is 12.2 Å². The van der Waals surface area contributed by atoms with Gasteiger partial charge in [0.1, 0.15) is 6.10 Å². The first-order chi connectivity index (χ1) is 7.69. The van der Waals surface area contributed by atoms with Crippen molar-refractivity contribution in [2.45, 2.75) is 18.8 Å². The fraction of sp³-hybridized carbons (Fsp3) is 0.444. The molecule has 1 aromatic rings. The molecule has 0 aliphatic carbocycles. The van der Waals surface area contributed by atoms with Gasteiger partial charge < -0.3 is 15.3 Å². The van der Waals surface area contributed by atoms with Gasteiger partial charge >= 0.3 is 0 Å². The molecule has 0 fully saturated rings. The normalized spacial score (nSPS) is 13.9. The van der Waals surface area contributed by atoms with Crippen LogP contribution in [0.1, 0.15) is 17.2 Å². The molecule has 0 amide bonds. The van der Waals surface area contributed by atoms with E-state index in [9.17, 15) is 10.2 Å². The fourth-order valence-corrected chi connectivity index (χ4v) is 1.20. The van der Waals surface area contributed by atoms with E-state index in [2.05, 4.69) is 15.0 Å². The monoisotopic (exact) mass is 224 g/mol. The molecule has 7 heteroatoms. The Labute approximate surface area is 91.6 Å². The van der Waals surface area contributed by atoms with E-state index in [0.29, 0.717) is 11.1 Å². The van der Waals surface area contributed by atoms with Gasteiger partial charge in [-0.3, -0.25) is 4.98 Å². The van der Waals surface area contributed by atoms with E-state index in [0.717, 1.165) is 0 Å². The van der Waals surface area contributed by atoms with Gasteiger partial charge in [0.2, 0.25) is 0 Å². The van der Waals surface area contributed by atoms with Crippen LogP contribution in [0.15, 0.2) is 23.6 Å². The predicted octanol–water partition coefficient (Wildman–Crippen LogP) is 0.278. The maximum atomic E-state index is 9.68. The summed E-state index contributed by atoms with van der Waals surface area (Å²) in [7, 11) is 0. The number of aliphatic hydroxyl groups is 3. The van der Waals surface area contributed by atoms with Crippen molar-refractivity contribution in [3.8, 4) is 0 Å². The third-order valence-electron chi connectivity index (χ3n) is 2.04. The Hall–Kier alpha value is -1.66. The Balaban J connectivity index is 2.78. The molecule has 2 atom stereocenters. The van der Waals surface area contributed by atoms with Crippen molar-refractivity contribution in [2.24, 2.45) is 5.11 Å². The zero-order valence-electron chi connectivity index (χ0n) is 8.43. The van der Waals surface area contributed by atoms with E-state index in [-0.39, 0.29) is 13.2 Å². The molecule has 16 heavy (non-hydrogen) atoms. The average molecular weight is 224 g/mol. The highest BCUT2D eigenvalue weighted by Crippen LogP contribution is 2.17. The number of aromatic nitrogens is 1. The molecular formula is C9H12N4O3. The van der Waals surface area contributed by atoms with Crippen LogP contribution in [-0.2, 0) is 6.61 Å². The Morgan fingerprint density at radius 3 is 2.81 bits per heavy atom. The van der Waals surface area contributed by atoms with Crippen LogP contribution in [0.25, 0.3) is 10.4 Å². The molecule has 3 N–H and O–H groups in total. The van der Waals surface area contributed by atoms with Gasteiger partial charge in [0.15, 0.2) is 0 Å². The number of nitrogens with zero attached hydrogens (tertiary/aromatic N) is 4. The van der Waals surface area contributed by atoms with Crippen molar-refractivity contribution >= 4 is 0 Å². The molecule has 1 heterocycles. The maximum absolute atomic E-state index is 9.68. The second kappa shape index (κ2) is 6.04. The van der Waals surface area contributed by atoms with Crippen LogP contribution >= 0.6 is 0 Å². The lowest BCUT2D eigenvalue weighted by atomic mass is 10.1. The Bertz CT molecular complexity index is 392. The zero-order valence-corrected chi connectivity index (χ0v) is 8.43. The first-order valence-corrected chi connectivity index (χ1v) is 4.60. The highest BCUT2D eigenvalue weighted by Gasteiger charge is 2.18. The number of aliphatic hydroxyl groups excluding tert-OH is 3. The minimum absolute atomic E-state index is 0.194. The molecular weight excluding hydrogens is 212 g/mol. The highest BCUT2D eigenvalue weighted by atomic mass is 16.3. The van der Waals surface area contributed by atoms with Crippen molar-refractivity contribution < 1.29 is 15.3 Å². The number of hydrogen-bond donors (Lipinski definition) is 3. The summed E-state index contributed by atoms with van der Waals surface area (Å²) >= 11 is 0. The minimum Gasteiger partial charge on any atom is -0.392 e. The number of pyridine rings is 1. The van der Waals surface area contributed by atoms with Crippen LogP contribution in [0.3, 0.4) is 0 Å². The molecule has 0 saturated heterocycles. The van der Waals surface area contributed by atoms with Gasteiger partial charge in [0.25, 0.3) is 0 Å². The lowest BCUT2D eigenvalue weighted by Gasteiger charge is -2.16. The number of rotatable bonds is 5. The van der Waals surface area contributed by atoms with Gasteiger partial charge in [0, 0.05) is 22.9 Å². The van der Waals surface area contributed by atoms with Crippen molar-refractivity contribution in [3.05, 3.63) is 40.0 Å². The summed E-state index contributed by atoms with van der Waals surface area (Å²) in [5.41, 5.74) is 8.97. The van der Waals surface area contributed by atoms with Crippen LogP contribution < -0.4 is 0 Å². The number of hydrogen-bond acceptors (Lipinski definition) is 5. The van der Waals surface area contributed by atoms with Gasteiger partial charge in [-0.05, 0) is 17.2 Å².